The number of aliphatic carboxylic acids is 2. The molecule has 1 aromatic heterocycles. The summed E-state index contributed by atoms with van der Waals surface area (Å²) in [6.45, 7) is 3.20. The number of sulfone groups is 1. The topological polar surface area (TPSA) is 263 Å². The highest BCUT2D eigenvalue weighted by molar-refractivity contribution is 7.92. The van der Waals surface area contributed by atoms with E-state index in [0.29, 0.717) is 11.3 Å². The summed E-state index contributed by atoms with van der Waals surface area (Å²) in [5.41, 5.74) is 1.28. The van der Waals surface area contributed by atoms with Crippen molar-refractivity contribution in [3.63, 3.8) is 0 Å². The minimum Gasteiger partial charge on any atom is -0.481 e. The van der Waals surface area contributed by atoms with Crippen LogP contribution in [0.15, 0.2) is 54.5 Å². The second kappa shape index (κ2) is 17.2. The van der Waals surface area contributed by atoms with Crippen LogP contribution in [0.2, 0.25) is 0 Å². The van der Waals surface area contributed by atoms with Gasteiger partial charge in [-0.25, -0.2) is 18.2 Å². The van der Waals surface area contributed by atoms with E-state index >= 15 is 0 Å². The van der Waals surface area contributed by atoms with Crippen LogP contribution in [0.1, 0.15) is 44.4 Å². The van der Waals surface area contributed by atoms with Crippen LogP contribution in [0.3, 0.4) is 0 Å². The Kier molecular flexibility index (Phi) is 13.4. The summed E-state index contributed by atoms with van der Waals surface area (Å²) in [4.78, 5) is 82.6. The van der Waals surface area contributed by atoms with Crippen molar-refractivity contribution in [1.29, 1.82) is 0 Å². The predicted molar refractivity (Wildman–Crippen MR) is 172 cm³/mol. The van der Waals surface area contributed by atoms with Gasteiger partial charge < -0.3 is 41.2 Å². The number of H-pyrrole nitrogens is 1. The van der Waals surface area contributed by atoms with E-state index in [-0.39, 0.29) is 25.0 Å². The van der Waals surface area contributed by atoms with Crippen molar-refractivity contribution in [3.05, 3.63) is 65.8 Å². The summed E-state index contributed by atoms with van der Waals surface area (Å²) in [6, 6.07) is 3.52. The van der Waals surface area contributed by atoms with Gasteiger partial charge in [-0.05, 0) is 23.5 Å². The van der Waals surface area contributed by atoms with Crippen molar-refractivity contribution >= 4 is 45.6 Å². The first-order chi connectivity index (χ1) is 23.0. The number of aromatic amines is 1. The lowest BCUT2D eigenvalue weighted by Gasteiger charge is -2.27. The quantitative estimate of drug-likeness (QED) is 0.0957. The van der Waals surface area contributed by atoms with Gasteiger partial charge in [-0.2, -0.15) is 0 Å². The Bertz CT molecular complexity index is 1640. The molecule has 18 heteroatoms. The number of hydrogen-bond donors (Lipinski definition) is 7. The molecule has 1 aromatic carbocycles. The third-order valence-corrected chi connectivity index (χ3v) is 8.78. The zero-order valence-corrected chi connectivity index (χ0v) is 27.9. The van der Waals surface area contributed by atoms with Crippen molar-refractivity contribution in [2.75, 3.05) is 6.26 Å². The molecule has 2 unspecified atom stereocenters. The third-order valence-electron chi connectivity index (χ3n) is 7.45. The maximum absolute atomic E-state index is 13.6. The number of imidazole rings is 1. The van der Waals surface area contributed by atoms with E-state index in [1.165, 1.54) is 18.6 Å². The Morgan fingerprint density at radius 2 is 1.57 bits per heavy atom. The van der Waals surface area contributed by atoms with Crippen LogP contribution < -0.4 is 21.3 Å². The number of benzene rings is 1. The molecule has 7 N–H and O–H groups in total. The van der Waals surface area contributed by atoms with E-state index in [0.717, 1.165) is 6.26 Å². The van der Waals surface area contributed by atoms with E-state index in [1.807, 2.05) is 0 Å². The molecule has 49 heavy (non-hydrogen) atoms. The van der Waals surface area contributed by atoms with Gasteiger partial charge in [0.25, 0.3) is 0 Å². The number of carbonyl (C=O) groups excluding carboxylic acids is 4. The first-order valence-electron chi connectivity index (χ1n) is 15.2. The average Bonchev–Trinajstić information content (AvgIpc) is 3.69. The molecule has 0 aliphatic heterocycles. The van der Waals surface area contributed by atoms with Gasteiger partial charge in [0.05, 0.1) is 18.8 Å². The molecule has 0 saturated heterocycles. The van der Waals surface area contributed by atoms with Crippen LogP contribution in [0.25, 0.3) is 0 Å². The standard InChI is InChI=1S/C31H40N6O11S/c1-17(2)27(37-31(45)48-15-18-7-5-4-6-8-18)30(44)34-21(9-10-25(38)39)28(42)36-23(11-19-14-32-16-33-19)29(43)35-22(13-26(40)41)20-12-24(20)49(3,46)47/h4-8,12,14,16-17,21-24,27H,9-11,13,15H2,1-3H3,(H,32,33)(H,34,44)(H,35,43)(H,36,42)(H,37,45)(H,38,39)(H,40,41)/t21?,22-,23-,24?,27-/m0/s1. The summed E-state index contributed by atoms with van der Waals surface area (Å²) in [6.07, 6.45) is 2.34. The molecule has 0 radical (unpaired) electrons. The van der Waals surface area contributed by atoms with Crippen molar-refractivity contribution < 1.29 is 52.1 Å². The number of rotatable bonds is 19. The zero-order valence-electron chi connectivity index (χ0n) is 27.0. The molecule has 0 spiro atoms. The molecular weight excluding hydrogens is 664 g/mol. The molecule has 1 aliphatic carbocycles. The van der Waals surface area contributed by atoms with Crippen LogP contribution in [0.4, 0.5) is 4.79 Å². The molecule has 4 amide bonds. The van der Waals surface area contributed by atoms with E-state index in [9.17, 15) is 47.4 Å². The first-order valence-corrected chi connectivity index (χ1v) is 17.2. The highest BCUT2D eigenvalue weighted by Crippen LogP contribution is 2.32. The summed E-state index contributed by atoms with van der Waals surface area (Å²) in [5, 5.41) is 27.6. The van der Waals surface area contributed by atoms with Crippen LogP contribution in [-0.4, -0.2) is 100 Å². The summed E-state index contributed by atoms with van der Waals surface area (Å²) < 4.78 is 29.2. The van der Waals surface area contributed by atoms with Crippen molar-refractivity contribution in [2.24, 2.45) is 5.92 Å². The molecule has 0 bridgehead atoms. The van der Waals surface area contributed by atoms with Crippen LogP contribution in [0, 0.1) is 5.92 Å². The van der Waals surface area contributed by atoms with Crippen molar-refractivity contribution in [1.82, 2.24) is 31.2 Å². The molecule has 5 atom stereocenters. The SMILES string of the molecule is CC(C)[C@H](NC(=O)OCc1ccccc1)C(=O)NC(CCC(=O)O)C(=O)N[C@@H](Cc1cnc[nH]1)C(=O)N[C@@H](CC(=O)O)C1=CC1S(C)(=O)=O. The zero-order chi connectivity index (χ0) is 36.3. The fraction of sp³-hybridized carbons (Fsp3) is 0.452. The number of nitrogens with one attached hydrogen (secondary N) is 5. The largest absolute Gasteiger partial charge is 0.481 e. The molecule has 1 aliphatic rings. The van der Waals surface area contributed by atoms with Crippen molar-refractivity contribution in [2.45, 2.75) is 75.6 Å². The van der Waals surface area contributed by atoms with Gasteiger partial charge in [0.2, 0.25) is 17.7 Å². The smallest absolute Gasteiger partial charge is 0.408 e. The van der Waals surface area contributed by atoms with Crippen molar-refractivity contribution in [3.8, 4) is 0 Å². The van der Waals surface area contributed by atoms with Crippen LogP contribution >= 0.6 is 0 Å². The lowest BCUT2D eigenvalue weighted by Crippen LogP contribution is -2.58. The van der Waals surface area contributed by atoms with E-state index < -0.39 is 93.8 Å². The maximum Gasteiger partial charge on any atom is 0.408 e. The molecular formula is C31H40N6O11S. The minimum atomic E-state index is -3.59. The number of carbonyl (C=O) groups is 6. The molecule has 266 valence electrons. The fourth-order valence-electron chi connectivity index (χ4n) is 4.83. The number of alkyl carbamates (subject to hydrolysis) is 1. The summed E-state index contributed by atoms with van der Waals surface area (Å²) >= 11 is 0. The Balaban J connectivity index is 1.76. The number of carboxylic acids is 2. The van der Waals surface area contributed by atoms with Crippen LogP contribution in [0.5, 0.6) is 0 Å². The van der Waals surface area contributed by atoms with Gasteiger partial charge >= 0.3 is 18.0 Å². The van der Waals surface area contributed by atoms with E-state index in [2.05, 4.69) is 31.2 Å². The number of ether oxygens (including phenoxy) is 1. The Hall–Kier alpha value is -5.26. The van der Waals surface area contributed by atoms with Gasteiger partial charge in [-0.3, -0.25) is 24.0 Å². The Labute approximate surface area is 282 Å². The molecule has 2 aromatic rings. The normalized spacial score (nSPS) is 16.2. The second-order valence-corrected chi connectivity index (χ2v) is 14.0. The van der Waals surface area contributed by atoms with E-state index in [1.54, 1.807) is 44.2 Å². The van der Waals surface area contributed by atoms with Crippen LogP contribution in [-0.2, 0) is 51.6 Å². The molecule has 1 heterocycles. The van der Waals surface area contributed by atoms with E-state index in [4.69, 9.17) is 4.74 Å². The first kappa shape index (κ1) is 38.2. The number of nitrogens with zero attached hydrogens (tertiary/aromatic N) is 1. The van der Waals surface area contributed by atoms with Gasteiger partial charge in [0.15, 0.2) is 9.84 Å². The summed E-state index contributed by atoms with van der Waals surface area (Å²) in [5.74, 6) is -5.71. The van der Waals surface area contributed by atoms with Gasteiger partial charge in [0, 0.05) is 31.0 Å². The number of aromatic nitrogens is 2. The summed E-state index contributed by atoms with van der Waals surface area (Å²) in [7, 11) is -3.59. The lowest BCUT2D eigenvalue weighted by molar-refractivity contribution is -0.139. The molecule has 0 saturated carbocycles. The molecule has 3 rings (SSSR count). The number of carboxylic acid groups (broad SMARTS) is 2. The molecule has 0 fully saturated rings. The average molecular weight is 705 g/mol. The Morgan fingerprint density at radius 3 is 2.12 bits per heavy atom. The van der Waals surface area contributed by atoms with Gasteiger partial charge in [-0.1, -0.05) is 50.3 Å². The number of amides is 4. The second-order valence-electron chi connectivity index (χ2n) is 11.8. The monoisotopic (exact) mass is 704 g/mol. The maximum atomic E-state index is 13.6. The van der Waals surface area contributed by atoms with Gasteiger partial charge in [0.1, 0.15) is 30.0 Å². The fourth-order valence-corrected chi connectivity index (χ4v) is 5.90. The third kappa shape index (κ3) is 12.4. The molecule has 17 nitrogen and oxygen atoms in total. The highest BCUT2D eigenvalue weighted by atomic mass is 32.2. The minimum absolute atomic E-state index is 0.0674. The highest BCUT2D eigenvalue weighted by Gasteiger charge is 2.41. The van der Waals surface area contributed by atoms with Gasteiger partial charge in [-0.15, -0.1) is 0 Å². The predicted octanol–water partition coefficient (Wildman–Crippen LogP) is 0.0503. The number of hydrogen-bond acceptors (Lipinski definition) is 10. The Morgan fingerprint density at radius 1 is 0.918 bits per heavy atom. The lowest BCUT2D eigenvalue weighted by atomic mass is 10.0.